The number of benzene rings is 1. The Morgan fingerprint density at radius 1 is 1.32 bits per heavy atom. The van der Waals surface area contributed by atoms with Gasteiger partial charge in [-0.2, -0.15) is 0 Å². The van der Waals surface area contributed by atoms with Crippen LogP contribution in [0.1, 0.15) is 31.7 Å². The standard InChI is InChI=1S/C14H22N2O2S/c1-10-6-13(15)8-14(7-10)19(17,18)16-9-12-5-3-4-11(12)2/h6-8,11-12,16H,3-5,9,15H2,1-2H3. The second-order valence-corrected chi connectivity index (χ2v) is 7.37. The van der Waals surface area contributed by atoms with Crippen molar-refractivity contribution in [2.24, 2.45) is 11.8 Å². The van der Waals surface area contributed by atoms with Gasteiger partial charge >= 0.3 is 0 Å². The van der Waals surface area contributed by atoms with Gasteiger partial charge in [-0.1, -0.05) is 19.8 Å². The zero-order valence-electron chi connectivity index (χ0n) is 11.5. The zero-order valence-corrected chi connectivity index (χ0v) is 12.3. The maximum atomic E-state index is 12.2. The SMILES string of the molecule is Cc1cc(N)cc(S(=O)(=O)NCC2CCCC2C)c1. The molecule has 0 aromatic heterocycles. The minimum atomic E-state index is -3.45. The molecular weight excluding hydrogens is 260 g/mol. The fraction of sp³-hybridized carbons (Fsp3) is 0.571. The van der Waals surface area contributed by atoms with Gasteiger partial charge in [0.05, 0.1) is 4.90 Å². The quantitative estimate of drug-likeness (QED) is 0.832. The smallest absolute Gasteiger partial charge is 0.240 e. The number of hydrogen-bond donors (Lipinski definition) is 2. The van der Waals surface area contributed by atoms with Crippen LogP contribution in [0.2, 0.25) is 0 Å². The number of sulfonamides is 1. The Balaban J connectivity index is 2.09. The summed E-state index contributed by atoms with van der Waals surface area (Å²) in [7, 11) is -3.45. The van der Waals surface area contributed by atoms with Gasteiger partial charge in [-0.3, -0.25) is 0 Å². The molecular formula is C14H22N2O2S. The van der Waals surface area contributed by atoms with Crippen molar-refractivity contribution < 1.29 is 8.42 Å². The molecule has 19 heavy (non-hydrogen) atoms. The zero-order chi connectivity index (χ0) is 14.0. The van der Waals surface area contributed by atoms with Crippen LogP contribution in [0.4, 0.5) is 5.69 Å². The number of aryl methyl sites for hydroxylation is 1. The molecule has 0 radical (unpaired) electrons. The molecule has 3 N–H and O–H groups in total. The van der Waals surface area contributed by atoms with Crippen molar-refractivity contribution in [2.75, 3.05) is 12.3 Å². The van der Waals surface area contributed by atoms with Crippen LogP contribution in [0.3, 0.4) is 0 Å². The maximum Gasteiger partial charge on any atom is 0.240 e. The minimum absolute atomic E-state index is 0.260. The van der Waals surface area contributed by atoms with E-state index in [9.17, 15) is 8.42 Å². The van der Waals surface area contributed by atoms with Gasteiger partial charge in [0.2, 0.25) is 10.0 Å². The van der Waals surface area contributed by atoms with E-state index in [-0.39, 0.29) is 4.90 Å². The van der Waals surface area contributed by atoms with Gasteiger partial charge in [-0.15, -0.1) is 0 Å². The van der Waals surface area contributed by atoms with Gasteiger partial charge < -0.3 is 5.73 Å². The Labute approximate surface area is 115 Å². The van der Waals surface area contributed by atoms with Crippen LogP contribution < -0.4 is 10.5 Å². The lowest BCUT2D eigenvalue weighted by Gasteiger charge is -2.16. The molecule has 4 nitrogen and oxygen atoms in total. The molecule has 0 heterocycles. The highest BCUT2D eigenvalue weighted by Crippen LogP contribution is 2.30. The molecule has 2 rings (SSSR count). The van der Waals surface area contributed by atoms with E-state index in [1.165, 1.54) is 18.9 Å². The number of anilines is 1. The third kappa shape index (κ3) is 3.48. The van der Waals surface area contributed by atoms with E-state index in [2.05, 4.69) is 11.6 Å². The predicted octanol–water partition coefficient (Wildman–Crippen LogP) is 2.29. The van der Waals surface area contributed by atoms with E-state index in [4.69, 9.17) is 5.73 Å². The van der Waals surface area contributed by atoms with Crippen LogP contribution in [-0.2, 0) is 10.0 Å². The normalized spacial score (nSPS) is 23.7. The first kappa shape index (κ1) is 14.3. The second kappa shape index (κ2) is 5.51. The lowest BCUT2D eigenvalue weighted by molar-refractivity contribution is 0.414. The highest BCUT2D eigenvalue weighted by Gasteiger charge is 2.25. The summed E-state index contributed by atoms with van der Waals surface area (Å²) in [4.78, 5) is 0.260. The fourth-order valence-electron chi connectivity index (χ4n) is 2.76. The van der Waals surface area contributed by atoms with Gasteiger partial charge in [0.1, 0.15) is 0 Å². The monoisotopic (exact) mass is 282 g/mol. The van der Waals surface area contributed by atoms with Crippen molar-refractivity contribution in [3.8, 4) is 0 Å². The molecule has 0 spiro atoms. The molecule has 1 aromatic rings. The maximum absolute atomic E-state index is 12.2. The summed E-state index contributed by atoms with van der Waals surface area (Å²) in [6.07, 6.45) is 3.51. The predicted molar refractivity (Wildman–Crippen MR) is 77.3 cm³/mol. The summed E-state index contributed by atoms with van der Waals surface area (Å²) in [6.45, 7) is 4.56. The van der Waals surface area contributed by atoms with Crippen LogP contribution >= 0.6 is 0 Å². The molecule has 2 atom stereocenters. The van der Waals surface area contributed by atoms with Gasteiger partial charge in [-0.25, -0.2) is 13.1 Å². The van der Waals surface area contributed by atoms with Gasteiger partial charge in [-0.05, 0) is 48.9 Å². The van der Waals surface area contributed by atoms with Crippen LogP contribution in [-0.4, -0.2) is 15.0 Å². The molecule has 1 aliphatic rings. The molecule has 1 fully saturated rings. The van der Waals surface area contributed by atoms with Crippen LogP contribution in [0.25, 0.3) is 0 Å². The molecule has 0 bridgehead atoms. The van der Waals surface area contributed by atoms with Crippen molar-refractivity contribution in [1.82, 2.24) is 4.72 Å². The van der Waals surface area contributed by atoms with Crippen molar-refractivity contribution in [1.29, 1.82) is 0 Å². The third-order valence-corrected chi connectivity index (χ3v) is 5.36. The topological polar surface area (TPSA) is 72.2 Å². The summed E-state index contributed by atoms with van der Waals surface area (Å²) < 4.78 is 27.2. The first-order valence-electron chi connectivity index (χ1n) is 6.75. The molecule has 1 aromatic carbocycles. The van der Waals surface area contributed by atoms with Gasteiger partial charge in [0.15, 0.2) is 0 Å². The first-order valence-corrected chi connectivity index (χ1v) is 8.23. The minimum Gasteiger partial charge on any atom is -0.399 e. The molecule has 1 aliphatic carbocycles. The fourth-order valence-corrected chi connectivity index (χ4v) is 3.99. The highest BCUT2D eigenvalue weighted by molar-refractivity contribution is 7.89. The van der Waals surface area contributed by atoms with Crippen molar-refractivity contribution >= 4 is 15.7 Å². The van der Waals surface area contributed by atoms with Gasteiger partial charge in [0, 0.05) is 12.2 Å². The van der Waals surface area contributed by atoms with E-state index in [1.54, 1.807) is 12.1 Å². The Bertz CT molecular complexity index is 534. The van der Waals surface area contributed by atoms with Crippen LogP contribution in [0, 0.1) is 18.8 Å². The summed E-state index contributed by atoms with van der Waals surface area (Å²) in [6, 6.07) is 4.92. The van der Waals surface area contributed by atoms with Gasteiger partial charge in [0.25, 0.3) is 0 Å². The summed E-state index contributed by atoms with van der Waals surface area (Å²) in [5.41, 5.74) is 7.04. The average molecular weight is 282 g/mol. The lowest BCUT2D eigenvalue weighted by Crippen LogP contribution is -2.30. The van der Waals surface area contributed by atoms with E-state index in [1.807, 2.05) is 6.92 Å². The van der Waals surface area contributed by atoms with E-state index in [0.717, 1.165) is 12.0 Å². The Morgan fingerprint density at radius 2 is 2.05 bits per heavy atom. The van der Waals surface area contributed by atoms with Crippen molar-refractivity contribution in [3.63, 3.8) is 0 Å². The molecule has 0 aliphatic heterocycles. The average Bonchev–Trinajstić information content (AvgIpc) is 2.71. The lowest BCUT2D eigenvalue weighted by atomic mass is 9.99. The molecule has 106 valence electrons. The number of nitrogen functional groups attached to an aromatic ring is 1. The van der Waals surface area contributed by atoms with Crippen molar-refractivity contribution in [3.05, 3.63) is 23.8 Å². The number of rotatable bonds is 4. The molecule has 0 amide bonds. The number of nitrogens with two attached hydrogens (primary N) is 1. The van der Waals surface area contributed by atoms with Crippen molar-refractivity contribution in [2.45, 2.75) is 38.0 Å². The first-order chi connectivity index (χ1) is 8.88. The number of hydrogen-bond acceptors (Lipinski definition) is 3. The molecule has 1 saturated carbocycles. The van der Waals surface area contributed by atoms with E-state index < -0.39 is 10.0 Å². The van der Waals surface area contributed by atoms with Crippen LogP contribution in [0.15, 0.2) is 23.1 Å². The Kier molecular flexibility index (Phi) is 4.16. The number of nitrogens with one attached hydrogen (secondary N) is 1. The largest absolute Gasteiger partial charge is 0.399 e. The summed E-state index contributed by atoms with van der Waals surface area (Å²) in [5, 5.41) is 0. The molecule has 5 heteroatoms. The van der Waals surface area contributed by atoms with Crippen LogP contribution in [0.5, 0.6) is 0 Å². The second-order valence-electron chi connectivity index (χ2n) is 5.60. The highest BCUT2D eigenvalue weighted by atomic mass is 32.2. The van der Waals surface area contributed by atoms with E-state index >= 15 is 0 Å². The molecule has 0 saturated heterocycles. The summed E-state index contributed by atoms with van der Waals surface area (Å²) >= 11 is 0. The molecule has 2 unspecified atom stereocenters. The Morgan fingerprint density at radius 3 is 2.63 bits per heavy atom. The Hall–Kier alpha value is -1.07. The van der Waals surface area contributed by atoms with E-state index in [0.29, 0.717) is 24.1 Å². The third-order valence-electron chi connectivity index (χ3n) is 3.96. The summed E-state index contributed by atoms with van der Waals surface area (Å²) in [5.74, 6) is 1.06.